The van der Waals surface area contributed by atoms with Crippen LogP contribution < -0.4 is 10.1 Å². The van der Waals surface area contributed by atoms with E-state index in [0.29, 0.717) is 13.0 Å². The molecule has 164 valence electrons. The number of aryl methyl sites for hydroxylation is 2. The first-order chi connectivity index (χ1) is 15.5. The Morgan fingerprint density at radius 3 is 2.59 bits per heavy atom. The minimum absolute atomic E-state index is 0.0708. The number of methoxy groups -OCH3 is 1. The highest BCUT2D eigenvalue weighted by atomic mass is 32.2. The van der Waals surface area contributed by atoms with Crippen LogP contribution in [0.4, 0.5) is 11.4 Å². The summed E-state index contributed by atoms with van der Waals surface area (Å²) in [6, 6.07) is 15.6. The van der Waals surface area contributed by atoms with Crippen molar-refractivity contribution in [1.29, 1.82) is 0 Å². The summed E-state index contributed by atoms with van der Waals surface area (Å²) in [5, 5.41) is 3.73. The summed E-state index contributed by atoms with van der Waals surface area (Å²) in [5.74, 6) is 1.70. The molecule has 1 amide bonds. The molecule has 0 spiro atoms. The SMILES string of the molecule is COc1cccc(C2=Nc3cc(C)c(C)cc3N=C(SCC(=O)NCc3ccco3)C2)c1. The first-order valence-electron chi connectivity index (χ1n) is 10.3. The molecule has 0 fully saturated rings. The fourth-order valence-corrected chi connectivity index (χ4v) is 4.12. The molecule has 0 aliphatic carbocycles. The predicted octanol–water partition coefficient (Wildman–Crippen LogP) is 5.51. The number of furan rings is 1. The van der Waals surface area contributed by atoms with Gasteiger partial charge in [0.05, 0.1) is 47.8 Å². The number of nitrogens with zero attached hydrogens (tertiary/aromatic N) is 2. The van der Waals surface area contributed by atoms with E-state index in [1.54, 1.807) is 19.4 Å². The number of aliphatic imine (C=N–C) groups is 2. The Morgan fingerprint density at radius 1 is 1.09 bits per heavy atom. The van der Waals surface area contributed by atoms with Crippen LogP contribution in [0.25, 0.3) is 0 Å². The van der Waals surface area contributed by atoms with Crippen molar-refractivity contribution >= 4 is 39.8 Å². The minimum Gasteiger partial charge on any atom is -0.497 e. The molecule has 1 aliphatic heterocycles. The molecule has 1 aliphatic rings. The molecule has 7 heteroatoms. The lowest BCUT2D eigenvalue weighted by molar-refractivity contribution is -0.118. The summed E-state index contributed by atoms with van der Waals surface area (Å²) >= 11 is 1.43. The normalized spacial score (nSPS) is 13.0. The quantitative estimate of drug-likeness (QED) is 0.541. The van der Waals surface area contributed by atoms with E-state index < -0.39 is 0 Å². The zero-order valence-corrected chi connectivity index (χ0v) is 19.2. The van der Waals surface area contributed by atoms with Crippen molar-refractivity contribution in [2.45, 2.75) is 26.8 Å². The van der Waals surface area contributed by atoms with E-state index in [-0.39, 0.29) is 11.7 Å². The van der Waals surface area contributed by atoms with Crippen molar-refractivity contribution < 1.29 is 13.9 Å². The van der Waals surface area contributed by atoms with Crippen LogP contribution in [-0.2, 0) is 11.3 Å². The van der Waals surface area contributed by atoms with Crippen LogP contribution >= 0.6 is 11.8 Å². The van der Waals surface area contributed by atoms with E-state index in [0.717, 1.165) is 44.8 Å². The monoisotopic (exact) mass is 447 g/mol. The Bertz CT molecular complexity index is 1180. The first kappa shape index (κ1) is 21.9. The number of carbonyl (C=O) groups is 1. The van der Waals surface area contributed by atoms with Crippen molar-refractivity contribution in [3.8, 4) is 5.75 Å². The number of amides is 1. The molecular formula is C25H25N3O3S. The van der Waals surface area contributed by atoms with Gasteiger partial charge in [-0.15, -0.1) is 11.8 Å². The van der Waals surface area contributed by atoms with Gasteiger partial charge in [-0.2, -0.15) is 0 Å². The molecule has 1 aromatic heterocycles. The number of hydrogen-bond acceptors (Lipinski definition) is 6. The van der Waals surface area contributed by atoms with E-state index >= 15 is 0 Å². The summed E-state index contributed by atoms with van der Waals surface area (Å²) in [6.07, 6.45) is 2.13. The summed E-state index contributed by atoms with van der Waals surface area (Å²) in [6.45, 7) is 4.51. The molecule has 0 unspecified atom stereocenters. The molecule has 0 bridgehead atoms. The second-order valence-electron chi connectivity index (χ2n) is 7.54. The van der Waals surface area contributed by atoms with Gasteiger partial charge in [0.25, 0.3) is 0 Å². The van der Waals surface area contributed by atoms with E-state index in [1.807, 2.05) is 30.3 Å². The van der Waals surface area contributed by atoms with Crippen LogP contribution in [0.2, 0.25) is 0 Å². The Morgan fingerprint density at radius 2 is 1.88 bits per heavy atom. The largest absolute Gasteiger partial charge is 0.497 e. The highest BCUT2D eigenvalue weighted by Crippen LogP contribution is 2.36. The van der Waals surface area contributed by atoms with Crippen LogP contribution in [0.15, 0.2) is 69.2 Å². The Kier molecular flexibility index (Phi) is 6.75. The van der Waals surface area contributed by atoms with Crippen LogP contribution in [-0.4, -0.2) is 29.5 Å². The van der Waals surface area contributed by atoms with E-state index in [9.17, 15) is 4.79 Å². The fourth-order valence-electron chi connectivity index (χ4n) is 3.32. The second kappa shape index (κ2) is 9.87. The summed E-state index contributed by atoms with van der Waals surface area (Å²) in [5.41, 5.74) is 5.86. The smallest absolute Gasteiger partial charge is 0.230 e. The standard InChI is InChI=1S/C25H25N3O3S/c1-16-10-22-23(11-17(16)2)28-25(32-15-24(29)26-14-20-8-5-9-31-20)13-21(27-22)18-6-4-7-19(12-18)30-3/h4-12H,13-15H2,1-3H3,(H,26,29). The van der Waals surface area contributed by atoms with Gasteiger partial charge in [0.2, 0.25) is 5.91 Å². The van der Waals surface area contributed by atoms with Gasteiger partial charge >= 0.3 is 0 Å². The molecule has 2 aromatic carbocycles. The third-order valence-corrected chi connectivity index (χ3v) is 6.20. The van der Waals surface area contributed by atoms with Crippen molar-refractivity contribution in [3.63, 3.8) is 0 Å². The number of ether oxygens (including phenoxy) is 1. The summed E-state index contributed by atoms with van der Waals surface area (Å²) < 4.78 is 10.7. The van der Waals surface area contributed by atoms with Gasteiger partial charge in [0.15, 0.2) is 0 Å². The van der Waals surface area contributed by atoms with Crippen LogP contribution in [0, 0.1) is 13.8 Å². The van der Waals surface area contributed by atoms with Crippen molar-refractivity contribution in [2.24, 2.45) is 9.98 Å². The van der Waals surface area contributed by atoms with Gasteiger partial charge < -0.3 is 14.5 Å². The number of rotatable bonds is 6. The zero-order chi connectivity index (χ0) is 22.5. The third kappa shape index (κ3) is 5.29. The van der Waals surface area contributed by atoms with Gasteiger partial charge in [0.1, 0.15) is 11.5 Å². The van der Waals surface area contributed by atoms with Gasteiger partial charge in [-0.05, 0) is 61.4 Å². The average molecular weight is 448 g/mol. The number of benzene rings is 2. The molecule has 4 rings (SSSR count). The highest BCUT2D eigenvalue weighted by molar-refractivity contribution is 8.14. The van der Waals surface area contributed by atoms with Crippen LogP contribution in [0.3, 0.4) is 0 Å². The van der Waals surface area contributed by atoms with Crippen molar-refractivity contribution in [1.82, 2.24) is 5.32 Å². The molecule has 0 saturated heterocycles. The molecule has 1 N–H and O–H groups in total. The van der Waals surface area contributed by atoms with Gasteiger partial charge in [-0.25, -0.2) is 4.99 Å². The number of carbonyl (C=O) groups excluding carboxylic acids is 1. The van der Waals surface area contributed by atoms with Crippen LogP contribution in [0.1, 0.15) is 28.9 Å². The van der Waals surface area contributed by atoms with Gasteiger partial charge in [0, 0.05) is 12.0 Å². The number of thioether (sulfide) groups is 1. The Balaban J connectivity index is 1.57. The molecule has 0 radical (unpaired) electrons. The third-order valence-electron chi connectivity index (χ3n) is 5.22. The minimum atomic E-state index is -0.0708. The second-order valence-corrected chi connectivity index (χ2v) is 8.59. The fraction of sp³-hybridized carbons (Fsp3) is 0.240. The molecule has 32 heavy (non-hydrogen) atoms. The maximum absolute atomic E-state index is 12.4. The predicted molar refractivity (Wildman–Crippen MR) is 130 cm³/mol. The molecule has 2 heterocycles. The van der Waals surface area contributed by atoms with Crippen molar-refractivity contribution in [3.05, 3.63) is 77.2 Å². The molecule has 0 atom stereocenters. The molecule has 3 aromatic rings. The maximum Gasteiger partial charge on any atom is 0.230 e. The maximum atomic E-state index is 12.4. The summed E-state index contributed by atoms with van der Waals surface area (Å²) in [7, 11) is 1.65. The topological polar surface area (TPSA) is 76.2 Å². The zero-order valence-electron chi connectivity index (χ0n) is 18.3. The lowest BCUT2D eigenvalue weighted by atomic mass is 10.1. The Labute approximate surface area is 191 Å². The number of hydrogen-bond donors (Lipinski definition) is 1. The van der Waals surface area contributed by atoms with Crippen LogP contribution in [0.5, 0.6) is 5.75 Å². The molecule has 0 saturated carbocycles. The Hall–Kier alpha value is -3.32. The molecular weight excluding hydrogens is 422 g/mol. The van der Waals surface area contributed by atoms with E-state index in [2.05, 4.69) is 31.3 Å². The highest BCUT2D eigenvalue weighted by Gasteiger charge is 2.18. The molecule has 6 nitrogen and oxygen atoms in total. The van der Waals surface area contributed by atoms with Gasteiger partial charge in [-0.1, -0.05) is 12.1 Å². The first-order valence-corrected chi connectivity index (χ1v) is 11.3. The summed E-state index contributed by atoms with van der Waals surface area (Å²) in [4.78, 5) is 22.2. The lowest BCUT2D eigenvalue weighted by Crippen LogP contribution is -2.25. The van der Waals surface area contributed by atoms with Gasteiger partial charge in [-0.3, -0.25) is 9.79 Å². The van der Waals surface area contributed by atoms with Crippen molar-refractivity contribution in [2.75, 3.05) is 12.9 Å². The number of nitrogens with one attached hydrogen (secondary N) is 1. The van der Waals surface area contributed by atoms with E-state index in [1.165, 1.54) is 17.3 Å². The average Bonchev–Trinajstić information content (AvgIpc) is 3.26. The van der Waals surface area contributed by atoms with E-state index in [4.69, 9.17) is 19.1 Å². The lowest BCUT2D eigenvalue weighted by Gasteiger charge is -2.09. The number of fused-ring (bicyclic) bond motifs is 1.